The Labute approximate surface area is 120 Å². The first-order chi connectivity index (χ1) is 9.48. The predicted octanol–water partition coefficient (Wildman–Crippen LogP) is 0.847. The van der Waals surface area contributed by atoms with E-state index < -0.39 is 10.0 Å². The Kier molecular flexibility index (Phi) is 4.80. The van der Waals surface area contributed by atoms with Gasteiger partial charge in [-0.15, -0.1) is 0 Å². The van der Waals surface area contributed by atoms with Crippen LogP contribution in [0, 0.1) is 12.8 Å². The molecular formula is C14H22N2O3S. The molecule has 112 valence electrons. The van der Waals surface area contributed by atoms with E-state index in [9.17, 15) is 8.42 Å². The molecule has 0 aliphatic carbocycles. The Morgan fingerprint density at radius 3 is 2.50 bits per heavy atom. The number of rotatable bonds is 4. The van der Waals surface area contributed by atoms with Crippen molar-refractivity contribution in [3.8, 4) is 0 Å². The van der Waals surface area contributed by atoms with Gasteiger partial charge in [0.25, 0.3) is 0 Å². The van der Waals surface area contributed by atoms with Gasteiger partial charge in [0.15, 0.2) is 0 Å². The lowest BCUT2D eigenvalue weighted by Gasteiger charge is -2.30. The summed E-state index contributed by atoms with van der Waals surface area (Å²) in [7, 11) is -3.43. The molecule has 20 heavy (non-hydrogen) atoms. The maximum atomic E-state index is 12.6. The van der Waals surface area contributed by atoms with E-state index in [1.807, 2.05) is 6.92 Å². The molecule has 1 heterocycles. The van der Waals surface area contributed by atoms with E-state index >= 15 is 0 Å². The summed E-state index contributed by atoms with van der Waals surface area (Å²) < 4.78 is 26.6. The average molecular weight is 298 g/mol. The van der Waals surface area contributed by atoms with Gasteiger partial charge in [0, 0.05) is 26.2 Å². The van der Waals surface area contributed by atoms with E-state index in [1.165, 1.54) is 4.31 Å². The number of aliphatic hydroxyl groups is 1. The van der Waals surface area contributed by atoms with Gasteiger partial charge in [0.2, 0.25) is 10.0 Å². The van der Waals surface area contributed by atoms with Gasteiger partial charge >= 0.3 is 0 Å². The highest BCUT2D eigenvalue weighted by molar-refractivity contribution is 7.89. The lowest BCUT2D eigenvalue weighted by atomic mass is 10.00. The van der Waals surface area contributed by atoms with Gasteiger partial charge in [-0.2, -0.15) is 4.31 Å². The molecular weight excluding hydrogens is 276 g/mol. The minimum Gasteiger partial charge on any atom is -0.396 e. The number of aryl methyl sites for hydroxylation is 1. The Morgan fingerprint density at radius 1 is 1.35 bits per heavy atom. The van der Waals surface area contributed by atoms with Crippen molar-refractivity contribution in [3.63, 3.8) is 0 Å². The van der Waals surface area contributed by atoms with E-state index in [4.69, 9.17) is 10.8 Å². The third-order valence-electron chi connectivity index (χ3n) is 4.00. The molecule has 3 N–H and O–H groups in total. The highest BCUT2D eigenvalue weighted by Crippen LogP contribution is 2.24. The zero-order valence-electron chi connectivity index (χ0n) is 11.7. The number of nitrogens with zero attached hydrogens (tertiary/aromatic N) is 1. The maximum Gasteiger partial charge on any atom is 0.243 e. The van der Waals surface area contributed by atoms with E-state index in [-0.39, 0.29) is 12.5 Å². The summed E-state index contributed by atoms with van der Waals surface area (Å²) in [5.41, 5.74) is 7.46. The molecule has 1 aromatic rings. The molecule has 0 atom stereocenters. The van der Waals surface area contributed by atoms with Gasteiger partial charge < -0.3 is 10.8 Å². The number of nitrogens with two attached hydrogens (primary N) is 1. The highest BCUT2D eigenvalue weighted by Gasteiger charge is 2.29. The fourth-order valence-electron chi connectivity index (χ4n) is 2.54. The fourth-order valence-corrected chi connectivity index (χ4v) is 4.09. The first-order valence-electron chi connectivity index (χ1n) is 6.89. The molecule has 1 fully saturated rings. The molecule has 0 saturated carbocycles. The normalized spacial score (nSPS) is 18.4. The lowest BCUT2D eigenvalue weighted by molar-refractivity contribution is 0.170. The van der Waals surface area contributed by atoms with Crippen LogP contribution in [0.4, 0.5) is 0 Å². The second-order valence-corrected chi connectivity index (χ2v) is 7.26. The summed E-state index contributed by atoms with van der Waals surface area (Å²) in [6.45, 7) is 3.38. The van der Waals surface area contributed by atoms with E-state index in [2.05, 4.69) is 0 Å². The SMILES string of the molecule is Cc1cc(S(=O)(=O)N2CCC(CO)CC2)ccc1CN. The van der Waals surface area contributed by atoms with Crippen LogP contribution in [0.2, 0.25) is 0 Å². The Morgan fingerprint density at radius 2 is 2.00 bits per heavy atom. The molecule has 1 aromatic carbocycles. The maximum absolute atomic E-state index is 12.6. The fraction of sp³-hybridized carbons (Fsp3) is 0.571. The van der Waals surface area contributed by atoms with Crippen molar-refractivity contribution in [2.45, 2.75) is 31.2 Å². The minimum absolute atomic E-state index is 0.137. The Bertz CT molecular complexity index is 564. The summed E-state index contributed by atoms with van der Waals surface area (Å²) in [4.78, 5) is 0.328. The molecule has 0 spiro atoms. The van der Waals surface area contributed by atoms with Crippen LogP contribution < -0.4 is 5.73 Å². The quantitative estimate of drug-likeness (QED) is 0.863. The average Bonchev–Trinajstić information content (AvgIpc) is 2.47. The molecule has 5 nitrogen and oxygen atoms in total. The van der Waals surface area contributed by atoms with Crippen molar-refractivity contribution in [2.24, 2.45) is 11.7 Å². The molecule has 1 saturated heterocycles. The zero-order valence-corrected chi connectivity index (χ0v) is 12.6. The van der Waals surface area contributed by atoms with Gasteiger partial charge in [0.1, 0.15) is 0 Å². The van der Waals surface area contributed by atoms with Crippen LogP contribution in [0.15, 0.2) is 23.1 Å². The van der Waals surface area contributed by atoms with Crippen LogP contribution >= 0.6 is 0 Å². The predicted molar refractivity (Wildman–Crippen MR) is 77.6 cm³/mol. The van der Waals surface area contributed by atoms with Crippen LogP contribution in [-0.4, -0.2) is 37.5 Å². The zero-order chi connectivity index (χ0) is 14.8. The van der Waals surface area contributed by atoms with Crippen LogP contribution in [0.1, 0.15) is 24.0 Å². The minimum atomic E-state index is -3.43. The number of benzene rings is 1. The van der Waals surface area contributed by atoms with Crippen molar-refractivity contribution in [2.75, 3.05) is 19.7 Å². The Hall–Kier alpha value is -0.950. The van der Waals surface area contributed by atoms with Crippen molar-refractivity contribution in [1.29, 1.82) is 0 Å². The first-order valence-corrected chi connectivity index (χ1v) is 8.33. The number of hydrogen-bond acceptors (Lipinski definition) is 4. The van der Waals surface area contributed by atoms with Crippen LogP contribution in [0.25, 0.3) is 0 Å². The van der Waals surface area contributed by atoms with Gasteiger partial charge in [-0.05, 0) is 48.9 Å². The largest absolute Gasteiger partial charge is 0.396 e. The molecule has 2 rings (SSSR count). The summed E-state index contributed by atoms with van der Waals surface area (Å²) in [5, 5.41) is 9.11. The number of aliphatic hydroxyl groups excluding tert-OH is 1. The molecule has 1 aliphatic heterocycles. The van der Waals surface area contributed by atoms with E-state index in [0.717, 1.165) is 24.0 Å². The third-order valence-corrected chi connectivity index (χ3v) is 5.90. The van der Waals surface area contributed by atoms with Gasteiger partial charge in [-0.1, -0.05) is 6.07 Å². The Balaban J connectivity index is 2.20. The van der Waals surface area contributed by atoms with Gasteiger partial charge in [-0.25, -0.2) is 8.42 Å². The second kappa shape index (κ2) is 6.22. The van der Waals surface area contributed by atoms with E-state index in [1.54, 1.807) is 18.2 Å². The van der Waals surface area contributed by atoms with Crippen molar-refractivity contribution in [1.82, 2.24) is 4.31 Å². The molecule has 0 bridgehead atoms. The summed E-state index contributed by atoms with van der Waals surface area (Å²) in [6.07, 6.45) is 1.44. The molecule has 1 aliphatic rings. The number of hydrogen-bond donors (Lipinski definition) is 2. The molecule has 0 amide bonds. The van der Waals surface area contributed by atoms with Crippen LogP contribution in [0.3, 0.4) is 0 Å². The monoisotopic (exact) mass is 298 g/mol. The van der Waals surface area contributed by atoms with Crippen LogP contribution in [-0.2, 0) is 16.6 Å². The summed E-state index contributed by atoms with van der Waals surface area (Å²) in [5.74, 6) is 0.225. The van der Waals surface area contributed by atoms with Crippen molar-refractivity contribution >= 4 is 10.0 Å². The molecule has 6 heteroatoms. The standard InChI is InChI=1S/C14H22N2O3S/c1-11-8-14(3-2-13(11)9-15)20(18,19)16-6-4-12(10-17)5-7-16/h2-3,8,12,17H,4-7,9-10,15H2,1H3. The highest BCUT2D eigenvalue weighted by atomic mass is 32.2. The topological polar surface area (TPSA) is 83.6 Å². The summed E-state index contributed by atoms with van der Waals surface area (Å²) in [6, 6.07) is 5.10. The molecule has 0 unspecified atom stereocenters. The molecule has 0 radical (unpaired) electrons. The number of piperidine rings is 1. The first kappa shape index (κ1) is 15.4. The van der Waals surface area contributed by atoms with E-state index in [0.29, 0.717) is 24.5 Å². The lowest BCUT2D eigenvalue weighted by Crippen LogP contribution is -2.39. The van der Waals surface area contributed by atoms with Crippen LogP contribution in [0.5, 0.6) is 0 Å². The van der Waals surface area contributed by atoms with Gasteiger partial charge in [-0.3, -0.25) is 0 Å². The second-order valence-electron chi connectivity index (χ2n) is 5.32. The van der Waals surface area contributed by atoms with Gasteiger partial charge in [0.05, 0.1) is 4.90 Å². The molecule has 0 aromatic heterocycles. The smallest absolute Gasteiger partial charge is 0.243 e. The van der Waals surface area contributed by atoms with Crippen molar-refractivity contribution in [3.05, 3.63) is 29.3 Å². The number of sulfonamides is 1. The van der Waals surface area contributed by atoms with Crippen molar-refractivity contribution < 1.29 is 13.5 Å². The third kappa shape index (κ3) is 3.03. The summed E-state index contributed by atoms with van der Waals surface area (Å²) >= 11 is 0.